The lowest BCUT2D eigenvalue weighted by molar-refractivity contribution is -0.116. The van der Waals surface area contributed by atoms with Gasteiger partial charge < -0.3 is 10.1 Å². The van der Waals surface area contributed by atoms with E-state index in [0.717, 1.165) is 0 Å². The smallest absolute Gasteiger partial charge is 0.412 e. The van der Waals surface area contributed by atoms with Crippen molar-refractivity contribution in [3.05, 3.63) is 36.5 Å². The second-order valence-corrected chi connectivity index (χ2v) is 4.06. The summed E-state index contributed by atoms with van der Waals surface area (Å²) >= 11 is 0. The Labute approximate surface area is 121 Å². The predicted octanol–water partition coefficient (Wildman–Crippen LogP) is 1.49. The lowest BCUT2D eigenvalue weighted by Crippen LogP contribution is -2.19. The molecule has 0 saturated heterocycles. The van der Waals surface area contributed by atoms with E-state index in [-0.39, 0.29) is 24.9 Å². The molecule has 0 aliphatic heterocycles. The van der Waals surface area contributed by atoms with E-state index < -0.39 is 6.09 Å². The van der Waals surface area contributed by atoms with Gasteiger partial charge in [-0.25, -0.2) is 9.48 Å². The Hall–Kier alpha value is -2.90. The van der Waals surface area contributed by atoms with Gasteiger partial charge in [0.25, 0.3) is 0 Å². The summed E-state index contributed by atoms with van der Waals surface area (Å²) in [5, 5.41) is 12.6. The van der Waals surface area contributed by atoms with E-state index in [1.807, 2.05) is 18.2 Å². The summed E-state index contributed by atoms with van der Waals surface area (Å²) in [4.78, 5) is 23.0. The molecule has 21 heavy (non-hydrogen) atoms. The van der Waals surface area contributed by atoms with Crippen LogP contribution < -0.4 is 10.6 Å². The maximum absolute atomic E-state index is 11.8. The van der Waals surface area contributed by atoms with E-state index in [2.05, 4.69) is 20.9 Å². The summed E-state index contributed by atoms with van der Waals surface area (Å²) in [6.07, 6.45) is 0.833. The monoisotopic (exact) mass is 289 g/mol. The van der Waals surface area contributed by atoms with E-state index in [4.69, 9.17) is 4.74 Å². The molecule has 2 aromatic rings. The fraction of sp³-hybridized carbons (Fsp3) is 0.231. The minimum Gasteiger partial charge on any atom is -0.450 e. The topological polar surface area (TPSA) is 98.1 Å². The summed E-state index contributed by atoms with van der Waals surface area (Å²) < 4.78 is 6.03. The molecule has 0 aliphatic carbocycles. The van der Waals surface area contributed by atoms with E-state index >= 15 is 0 Å². The third kappa shape index (κ3) is 4.60. The predicted molar refractivity (Wildman–Crippen MR) is 75.7 cm³/mol. The molecule has 0 atom stereocenters. The van der Waals surface area contributed by atoms with Crippen molar-refractivity contribution in [3.63, 3.8) is 0 Å². The molecule has 8 nitrogen and oxygen atoms in total. The summed E-state index contributed by atoms with van der Waals surface area (Å²) in [6, 6.07) is 9.08. The number of rotatable bonds is 5. The van der Waals surface area contributed by atoms with Crippen molar-refractivity contribution < 1.29 is 14.3 Å². The third-order valence-corrected chi connectivity index (χ3v) is 2.41. The Morgan fingerprint density at radius 3 is 2.71 bits per heavy atom. The molecule has 0 aliphatic rings. The van der Waals surface area contributed by atoms with E-state index in [1.165, 1.54) is 10.9 Å². The molecule has 8 heteroatoms. The second kappa shape index (κ2) is 7.04. The molecule has 1 aromatic carbocycles. The van der Waals surface area contributed by atoms with Crippen molar-refractivity contribution in [2.45, 2.75) is 13.5 Å². The lowest BCUT2D eigenvalue weighted by atomic mass is 10.3. The van der Waals surface area contributed by atoms with Gasteiger partial charge in [-0.05, 0) is 19.1 Å². The van der Waals surface area contributed by atoms with Gasteiger partial charge in [0, 0.05) is 5.69 Å². The minimum absolute atomic E-state index is 0.00754. The van der Waals surface area contributed by atoms with Crippen molar-refractivity contribution in [2.24, 2.45) is 0 Å². The highest BCUT2D eigenvalue weighted by molar-refractivity contribution is 5.90. The molecule has 0 bridgehead atoms. The third-order valence-electron chi connectivity index (χ3n) is 2.41. The van der Waals surface area contributed by atoms with Crippen LogP contribution in [0.2, 0.25) is 0 Å². The highest BCUT2D eigenvalue weighted by Gasteiger charge is 2.09. The highest BCUT2D eigenvalue weighted by atomic mass is 16.5. The Morgan fingerprint density at radius 1 is 1.24 bits per heavy atom. The normalized spacial score (nSPS) is 9.95. The van der Waals surface area contributed by atoms with Gasteiger partial charge in [-0.15, -0.1) is 5.10 Å². The first-order valence-electron chi connectivity index (χ1n) is 6.36. The largest absolute Gasteiger partial charge is 0.450 e. The zero-order chi connectivity index (χ0) is 15.1. The molecular formula is C13H15N5O3. The van der Waals surface area contributed by atoms with Crippen molar-refractivity contribution in [1.82, 2.24) is 15.0 Å². The molecule has 0 saturated carbocycles. The van der Waals surface area contributed by atoms with Crippen LogP contribution in [0.4, 0.5) is 16.3 Å². The average molecular weight is 289 g/mol. The van der Waals surface area contributed by atoms with E-state index in [1.54, 1.807) is 19.1 Å². The summed E-state index contributed by atoms with van der Waals surface area (Å²) in [6.45, 7) is 1.95. The van der Waals surface area contributed by atoms with Crippen LogP contribution >= 0.6 is 0 Å². The van der Waals surface area contributed by atoms with Crippen molar-refractivity contribution >= 4 is 23.5 Å². The highest BCUT2D eigenvalue weighted by Crippen LogP contribution is 2.05. The zero-order valence-electron chi connectivity index (χ0n) is 11.4. The van der Waals surface area contributed by atoms with Crippen LogP contribution in [0.25, 0.3) is 0 Å². The van der Waals surface area contributed by atoms with Crippen LogP contribution in [0.15, 0.2) is 36.5 Å². The number of hydrogen-bond donors (Lipinski definition) is 2. The van der Waals surface area contributed by atoms with Crippen molar-refractivity contribution in [1.29, 1.82) is 0 Å². The zero-order valence-corrected chi connectivity index (χ0v) is 11.4. The standard InChI is InChI=1S/C13H15N5O3/c1-2-21-13(20)15-11-8-18(17-16-11)9-12(19)14-10-6-4-3-5-7-10/h3-8H,2,9H2,1H3,(H,14,19)(H,15,20). The number of ether oxygens (including phenoxy) is 1. The first kappa shape index (κ1) is 14.5. The van der Waals surface area contributed by atoms with Crippen LogP contribution in [0.1, 0.15) is 6.92 Å². The van der Waals surface area contributed by atoms with Crippen LogP contribution in [-0.4, -0.2) is 33.6 Å². The molecule has 0 spiro atoms. The SMILES string of the molecule is CCOC(=O)Nc1cn(CC(=O)Nc2ccccc2)nn1. The molecule has 2 amide bonds. The van der Waals surface area contributed by atoms with Gasteiger partial charge in [-0.3, -0.25) is 10.1 Å². The minimum atomic E-state index is -0.613. The number of para-hydroxylation sites is 1. The number of carbonyl (C=O) groups excluding carboxylic acids is 2. The van der Waals surface area contributed by atoms with Crippen molar-refractivity contribution in [2.75, 3.05) is 17.2 Å². The van der Waals surface area contributed by atoms with Crippen LogP contribution in [0, 0.1) is 0 Å². The first-order chi connectivity index (χ1) is 10.2. The molecular weight excluding hydrogens is 274 g/mol. The number of nitrogens with zero attached hydrogens (tertiary/aromatic N) is 3. The molecule has 2 rings (SSSR count). The fourth-order valence-corrected chi connectivity index (χ4v) is 1.57. The van der Waals surface area contributed by atoms with Gasteiger partial charge in [0.05, 0.1) is 12.8 Å². The Balaban J connectivity index is 1.87. The molecule has 1 aromatic heterocycles. The van der Waals surface area contributed by atoms with Gasteiger partial charge in [-0.2, -0.15) is 0 Å². The first-order valence-corrected chi connectivity index (χ1v) is 6.36. The lowest BCUT2D eigenvalue weighted by Gasteiger charge is -2.04. The number of aromatic nitrogens is 3. The number of carbonyl (C=O) groups is 2. The Bertz CT molecular complexity index is 611. The number of benzene rings is 1. The summed E-state index contributed by atoms with van der Waals surface area (Å²) in [7, 11) is 0. The maximum atomic E-state index is 11.8. The average Bonchev–Trinajstić information content (AvgIpc) is 2.87. The van der Waals surface area contributed by atoms with Gasteiger partial charge in [-0.1, -0.05) is 23.4 Å². The van der Waals surface area contributed by atoms with Crippen LogP contribution in [-0.2, 0) is 16.1 Å². The number of nitrogens with one attached hydrogen (secondary N) is 2. The molecule has 0 radical (unpaired) electrons. The molecule has 110 valence electrons. The van der Waals surface area contributed by atoms with E-state index in [9.17, 15) is 9.59 Å². The Kier molecular flexibility index (Phi) is 4.86. The molecule has 0 unspecified atom stereocenters. The van der Waals surface area contributed by atoms with Gasteiger partial charge >= 0.3 is 6.09 Å². The number of amides is 2. The van der Waals surface area contributed by atoms with Gasteiger partial charge in [0.15, 0.2) is 5.82 Å². The number of anilines is 2. The molecule has 2 N–H and O–H groups in total. The summed E-state index contributed by atoms with van der Waals surface area (Å²) in [5.41, 5.74) is 0.701. The van der Waals surface area contributed by atoms with Gasteiger partial charge in [0.1, 0.15) is 6.54 Å². The fourth-order valence-electron chi connectivity index (χ4n) is 1.57. The summed E-state index contributed by atoms with van der Waals surface area (Å²) in [5.74, 6) is -0.0188. The second-order valence-electron chi connectivity index (χ2n) is 4.06. The number of hydrogen-bond acceptors (Lipinski definition) is 5. The molecule has 1 heterocycles. The van der Waals surface area contributed by atoms with Gasteiger partial charge in [0.2, 0.25) is 5.91 Å². The van der Waals surface area contributed by atoms with Crippen LogP contribution in [0.3, 0.4) is 0 Å². The van der Waals surface area contributed by atoms with Crippen molar-refractivity contribution in [3.8, 4) is 0 Å². The maximum Gasteiger partial charge on any atom is 0.412 e. The van der Waals surface area contributed by atoms with Crippen LogP contribution in [0.5, 0.6) is 0 Å². The quantitative estimate of drug-likeness (QED) is 0.868. The van der Waals surface area contributed by atoms with E-state index in [0.29, 0.717) is 5.69 Å². The molecule has 0 fully saturated rings. The Morgan fingerprint density at radius 2 is 2.00 bits per heavy atom.